The summed E-state index contributed by atoms with van der Waals surface area (Å²) in [4.78, 5) is 34.5. The largest absolute Gasteiger partial charge is 0.488 e. The number of carbonyl (C=O) groups excluding carboxylic acids is 1. The summed E-state index contributed by atoms with van der Waals surface area (Å²) in [6.07, 6.45) is 6.09. The van der Waals surface area contributed by atoms with E-state index in [9.17, 15) is 9.59 Å². The fourth-order valence-electron chi connectivity index (χ4n) is 3.53. The Morgan fingerprint density at radius 2 is 1.96 bits per heavy atom. The molecule has 2 aromatic heterocycles. The SMILES string of the molecule is CC(Oc1ccnc2ncc(=O)[nH]c12)C1CCC(NC(=O)OC(C)(C)C)CC1. The minimum absolute atomic E-state index is 0.0308. The maximum atomic E-state index is 11.9. The molecule has 152 valence electrons. The first kappa shape index (κ1) is 20.1. The van der Waals surface area contributed by atoms with Crippen LogP contribution in [0.4, 0.5) is 4.79 Å². The Labute approximate surface area is 164 Å². The van der Waals surface area contributed by atoms with E-state index in [-0.39, 0.29) is 23.8 Å². The van der Waals surface area contributed by atoms with Gasteiger partial charge < -0.3 is 19.8 Å². The van der Waals surface area contributed by atoms with Gasteiger partial charge in [0, 0.05) is 18.3 Å². The number of pyridine rings is 1. The van der Waals surface area contributed by atoms with E-state index in [4.69, 9.17) is 9.47 Å². The first-order valence-corrected chi connectivity index (χ1v) is 9.71. The van der Waals surface area contributed by atoms with E-state index < -0.39 is 5.60 Å². The minimum atomic E-state index is -0.493. The first-order valence-electron chi connectivity index (χ1n) is 9.71. The van der Waals surface area contributed by atoms with Crippen LogP contribution in [0.15, 0.2) is 23.3 Å². The van der Waals surface area contributed by atoms with Crippen molar-refractivity contribution in [2.24, 2.45) is 5.92 Å². The number of hydrogen-bond acceptors (Lipinski definition) is 6. The van der Waals surface area contributed by atoms with Crippen molar-refractivity contribution < 1.29 is 14.3 Å². The molecule has 2 heterocycles. The Balaban J connectivity index is 1.56. The molecule has 3 rings (SSSR count). The number of fused-ring (bicyclic) bond motifs is 1. The molecule has 8 nitrogen and oxygen atoms in total. The van der Waals surface area contributed by atoms with Crippen molar-refractivity contribution in [1.82, 2.24) is 20.3 Å². The summed E-state index contributed by atoms with van der Waals surface area (Å²) >= 11 is 0. The number of alkyl carbamates (subject to hydrolysis) is 1. The minimum Gasteiger partial charge on any atom is -0.488 e. The van der Waals surface area contributed by atoms with Gasteiger partial charge in [-0.25, -0.2) is 14.8 Å². The van der Waals surface area contributed by atoms with Gasteiger partial charge >= 0.3 is 6.09 Å². The van der Waals surface area contributed by atoms with Crippen LogP contribution < -0.4 is 15.6 Å². The second kappa shape index (κ2) is 8.16. The quantitative estimate of drug-likeness (QED) is 0.833. The number of carbonyl (C=O) groups is 1. The molecule has 1 saturated carbocycles. The number of H-pyrrole nitrogens is 1. The molecule has 1 fully saturated rings. The maximum absolute atomic E-state index is 11.9. The molecular formula is C20H28N4O4. The topological polar surface area (TPSA) is 106 Å². The number of aromatic amines is 1. The highest BCUT2D eigenvalue weighted by molar-refractivity contribution is 5.76. The standard InChI is InChI=1S/C20H28N4O4/c1-12(27-15-9-10-21-18-17(15)24-16(25)11-22-18)13-5-7-14(8-6-13)23-19(26)28-20(2,3)4/h9-14H,5-8H2,1-4H3,(H,23,26)(H,24,25). The van der Waals surface area contributed by atoms with Gasteiger partial charge in [-0.2, -0.15) is 0 Å². The van der Waals surface area contributed by atoms with Crippen LogP contribution in [-0.2, 0) is 4.74 Å². The highest BCUT2D eigenvalue weighted by atomic mass is 16.6. The predicted octanol–water partition coefficient (Wildman–Crippen LogP) is 3.17. The summed E-state index contributed by atoms with van der Waals surface area (Å²) in [5.74, 6) is 0.944. The van der Waals surface area contributed by atoms with Crippen molar-refractivity contribution in [3.8, 4) is 5.75 Å². The zero-order chi connectivity index (χ0) is 20.3. The van der Waals surface area contributed by atoms with E-state index in [2.05, 4.69) is 20.3 Å². The summed E-state index contributed by atoms with van der Waals surface area (Å²) in [6.45, 7) is 7.60. The van der Waals surface area contributed by atoms with Gasteiger partial charge in [0.05, 0.1) is 12.3 Å². The molecule has 0 bridgehead atoms. The average Bonchev–Trinajstić information content (AvgIpc) is 2.61. The van der Waals surface area contributed by atoms with Crippen LogP contribution in [0.25, 0.3) is 11.2 Å². The highest BCUT2D eigenvalue weighted by Gasteiger charge is 2.28. The van der Waals surface area contributed by atoms with Crippen LogP contribution in [-0.4, -0.2) is 38.8 Å². The Bertz CT molecular complexity index is 882. The number of amides is 1. The van der Waals surface area contributed by atoms with Crippen LogP contribution in [0.1, 0.15) is 53.4 Å². The van der Waals surface area contributed by atoms with Gasteiger partial charge in [0.1, 0.15) is 16.9 Å². The van der Waals surface area contributed by atoms with E-state index in [1.807, 2.05) is 27.7 Å². The summed E-state index contributed by atoms with van der Waals surface area (Å²) < 4.78 is 11.5. The Hall–Kier alpha value is -2.64. The summed E-state index contributed by atoms with van der Waals surface area (Å²) in [5.41, 5.74) is 0.190. The van der Waals surface area contributed by atoms with Gasteiger partial charge in [-0.15, -0.1) is 0 Å². The summed E-state index contributed by atoms with van der Waals surface area (Å²) in [6, 6.07) is 1.87. The third-order valence-corrected chi connectivity index (χ3v) is 4.91. The summed E-state index contributed by atoms with van der Waals surface area (Å²) in [5, 5.41) is 2.96. The fourth-order valence-corrected chi connectivity index (χ4v) is 3.53. The molecule has 0 aliphatic heterocycles. The fraction of sp³-hybridized carbons (Fsp3) is 0.600. The molecule has 8 heteroatoms. The zero-order valence-electron chi connectivity index (χ0n) is 16.8. The van der Waals surface area contributed by atoms with Crippen LogP contribution >= 0.6 is 0 Å². The lowest BCUT2D eigenvalue weighted by Crippen LogP contribution is -2.42. The van der Waals surface area contributed by atoms with Gasteiger partial charge in [0.2, 0.25) is 0 Å². The molecule has 1 atom stereocenters. The molecule has 2 N–H and O–H groups in total. The van der Waals surface area contributed by atoms with Crippen molar-refractivity contribution in [2.75, 3.05) is 0 Å². The van der Waals surface area contributed by atoms with Crippen LogP contribution in [0, 0.1) is 5.92 Å². The molecule has 1 unspecified atom stereocenters. The van der Waals surface area contributed by atoms with Gasteiger partial charge in [-0.05, 0) is 59.3 Å². The molecule has 2 aromatic rings. The third-order valence-electron chi connectivity index (χ3n) is 4.91. The smallest absolute Gasteiger partial charge is 0.407 e. The van der Waals surface area contributed by atoms with Crippen LogP contribution in [0.3, 0.4) is 0 Å². The number of rotatable bonds is 4. The molecule has 0 spiro atoms. The normalized spacial score (nSPS) is 21.1. The Morgan fingerprint density at radius 3 is 2.64 bits per heavy atom. The van der Waals surface area contributed by atoms with Crippen molar-refractivity contribution in [3.05, 3.63) is 28.8 Å². The molecule has 1 aliphatic carbocycles. The Kier molecular flexibility index (Phi) is 5.86. The predicted molar refractivity (Wildman–Crippen MR) is 105 cm³/mol. The average molecular weight is 388 g/mol. The molecule has 1 aliphatic rings. The van der Waals surface area contributed by atoms with E-state index in [1.54, 1.807) is 12.3 Å². The third kappa shape index (κ3) is 5.21. The maximum Gasteiger partial charge on any atom is 0.407 e. The van der Waals surface area contributed by atoms with Gasteiger partial charge in [0.25, 0.3) is 5.56 Å². The van der Waals surface area contributed by atoms with Crippen molar-refractivity contribution in [1.29, 1.82) is 0 Å². The van der Waals surface area contributed by atoms with E-state index in [1.165, 1.54) is 6.20 Å². The monoisotopic (exact) mass is 388 g/mol. The van der Waals surface area contributed by atoms with Crippen molar-refractivity contribution in [2.45, 2.75) is 71.1 Å². The number of aromatic nitrogens is 3. The number of nitrogens with zero attached hydrogens (tertiary/aromatic N) is 2. The summed E-state index contributed by atoms with van der Waals surface area (Å²) in [7, 11) is 0. The Morgan fingerprint density at radius 1 is 1.25 bits per heavy atom. The molecular weight excluding hydrogens is 360 g/mol. The zero-order valence-corrected chi connectivity index (χ0v) is 16.8. The van der Waals surface area contributed by atoms with E-state index >= 15 is 0 Å². The molecule has 1 amide bonds. The van der Waals surface area contributed by atoms with Crippen molar-refractivity contribution >= 4 is 17.3 Å². The second-order valence-electron chi connectivity index (χ2n) is 8.34. The van der Waals surface area contributed by atoms with Crippen LogP contribution in [0.2, 0.25) is 0 Å². The van der Waals surface area contributed by atoms with E-state index in [0.717, 1.165) is 25.7 Å². The molecule has 0 aromatic carbocycles. The highest BCUT2D eigenvalue weighted by Crippen LogP contribution is 2.30. The molecule has 0 saturated heterocycles. The number of nitrogens with one attached hydrogen (secondary N) is 2. The lowest BCUT2D eigenvalue weighted by atomic mass is 9.83. The van der Waals surface area contributed by atoms with Gasteiger partial charge in [0.15, 0.2) is 5.65 Å². The second-order valence-corrected chi connectivity index (χ2v) is 8.34. The van der Waals surface area contributed by atoms with E-state index in [0.29, 0.717) is 22.8 Å². The van der Waals surface area contributed by atoms with Crippen molar-refractivity contribution in [3.63, 3.8) is 0 Å². The first-order chi connectivity index (χ1) is 13.2. The van der Waals surface area contributed by atoms with Gasteiger partial charge in [-0.1, -0.05) is 0 Å². The molecule has 28 heavy (non-hydrogen) atoms. The lowest BCUT2D eigenvalue weighted by molar-refractivity contribution is 0.0471. The number of hydrogen-bond donors (Lipinski definition) is 2. The van der Waals surface area contributed by atoms with Crippen LogP contribution in [0.5, 0.6) is 5.75 Å². The number of ether oxygens (including phenoxy) is 2. The van der Waals surface area contributed by atoms with Gasteiger partial charge in [-0.3, -0.25) is 4.79 Å². The lowest BCUT2D eigenvalue weighted by Gasteiger charge is -2.33. The molecule has 0 radical (unpaired) electrons.